The summed E-state index contributed by atoms with van der Waals surface area (Å²) in [6.07, 6.45) is 0. The zero-order chi connectivity index (χ0) is 37.4. The number of benzene rings is 7. The van der Waals surface area contributed by atoms with Crippen LogP contribution in [0.15, 0.2) is 170 Å². The number of fused-ring (bicyclic) bond motifs is 8. The number of thiophene rings is 1. The first-order valence-electron chi connectivity index (χ1n) is 19.0. The molecule has 0 bridgehead atoms. The quantitative estimate of drug-likeness (QED) is 0.177. The Morgan fingerprint density at radius 2 is 0.982 bits per heavy atom. The number of hydrogen-bond donors (Lipinski definition) is 0. The summed E-state index contributed by atoms with van der Waals surface area (Å²) in [7, 11) is 0. The monoisotopic (exact) mass is 734 g/mol. The first kappa shape index (κ1) is 32.6. The van der Waals surface area contributed by atoms with Crippen molar-refractivity contribution >= 4 is 42.4 Å². The van der Waals surface area contributed by atoms with Gasteiger partial charge in [0.05, 0.1) is 15.9 Å². The summed E-state index contributed by atoms with van der Waals surface area (Å²) < 4.78 is 2.48. The number of pyridine rings is 1. The van der Waals surface area contributed by atoms with Gasteiger partial charge >= 0.3 is 0 Å². The molecule has 11 rings (SSSR count). The van der Waals surface area contributed by atoms with Gasteiger partial charge in [0.25, 0.3) is 0 Å². The van der Waals surface area contributed by atoms with Crippen molar-refractivity contribution in [3.05, 3.63) is 181 Å². The van der Waals surface area contributed by atoms with Gasteiger partial charge in [0.15, 0.2) is 17.5 Å². The van der Waals surface area contributed by atoms with Gasteiger partial charge in [-0.05, 0) is 63.7 Å². The molecule has 7 aromatic carbocycles. The average molecular weight is 735 g/mol. The molecular weight excluding hydrogens is 701 g/mol. The van der Waals surface area contributed by atoms with Crippen LogP contribution in [-0.2, 0) is 5.41 Å². The summed E-state index contributed by atoms with van der Waals surface area (Å²) in [5, 5.41) is 3.74. The summed E-state index contributed by atoms with van der Waals surface area (Å²) in [6, 6.07) is 60.0. The summed E-state index contributed by atoms with van der Waals surface area (Å²) in [6.45, 7) is 4.61. The highest BCUT2D eigenvalue weighted by molar-refractivity contribution is 7.26. The Bertz CT molecular complexity index is 3180. The van der Waals surface area contributed by atoms with Crippen molar-refractivity contribution in [1.29, 1.82) is 0 Å². The van der Waals surface area contributed by atoms with E-state index in [0.717, 1.165) is 44.6 Å². The lowest BCUT2D eigenvalue weighted by Gasteiger charge is -2.21. The lowest BCUT2D eigenvalue weighted by molar-refractivity contribution is 0.660. The molecule has 4 nitrogen and oxygen atoms in total. The standard InChI is InChI=1S/C51H34N4S/c1-51(2)41-23-9-6-20-37(41)38-27-26-36(30-42(38)51)50-54-48(31-14-4-3-5-15-31)53-49(55-50)35-19-13-17-33(29-35)32-16-12-18-34(28-32)46-47-45(39-21-7-10-24-43(39)52-46)40-22-8-11-25-44(40)56-47/h3-30H,1-2H3. The van der Waals surface area contributed by atoms with Crippen molar-refractivity contribution in [1.82, 2.24) is 19.9 Å². The minimum Gasteiger partial charge on any atom is -0.246 e. The molecule has 1 aliphatic rings. The number of nitrogens with zero attached hydrogens (tertiary/aromatic N) is 4. The van der Waals surface area contributed by atoms with Gasteiger partial charge in [-0.15, -0.1) is 11.3 Å². The van der Waals surface area contributed by atoms with Crippen LogP contribution in [0, 0.1) is 0 Å². The highest BCUT2D eigenvalue weighted by atomic mass is 32.1. The Hall–Kier alpha value is -6.82. The van der Waals surface area contributed by atoms with Crippen LogP contribution in [0.4, 0.5) is 0 Å². The van der Waals surface area contributed by atoms with E-state index in [1.807, 2.05) is 29.5 Å². The highest BCUT2D eigenvalue weighted by Gasteiger charge is 2.35. The van der Waals surface area contributed by atoms with Crippen LogP contribution in [0.3, 0.4) is 0 Å². The van der Waals surface area contributed by atoms with E-state index >= 15 is 0 Å². The second-order valence-corrected chi connectivity index (χ2v) is 16.1. The van der Waals surface area contributed by atoms with Crippen LogP contribution in [0.5, 0.6) is 0 Å². The summed E-state index contributed by atoms with van der Waals surface area (Å²) in [5.41, 5.74) is 13.2. The van der Waals surface area contributed by atoms with E-state index in [4.69, 9.17) is 19.9 Å². The largest absolute Gasteiger partial charge is 0.246 e. The van der Waals surface area contributed by atoms with E-state index < -0.39 is 0 Å². The second-order valence-electron chi connectivity index (χ2n) is 15.0. The average Bonchev–Trinajstić information content (AvgIpc) is 3.76. The van der Waals surface area contributed by atoms with Crippen LogP contribution >= 0.6 is 11.3 Å². The number of rotatable bonds is 5. The Balaban J connectivity index is 1.03. The van der Waals surface area contributed by atoms with Crippen molar-refractivity contribution in [3.8, 4) is 67.7 Å². The van der Waals surface area contributed by atoms with Gasteiger partial charge in [-0.25, -0.2) is 19.9 Å². The van der Waals surface area contributed by atoms with E-state index in [0.29, 0.717) is 17.5 Å². The molecule has 264 valence electrons. The summed E-state index contributed by atoms with van der Waals surface area (Å²) >= 11 is 1.82. The number of hydrogen-bond acceptors (Lipinski definition) is 5. The van der Waals surface area contributed by atoms with Gasteiger partial charge in [0.1, 0.15) is 0 Å². The smallest absolute Gasteiger partial charge is 0.164 e. The molecule has 0 saturated carbocycles. The molecule has 0 radical (unpaired) electrons. The van der Waals surface area contributed by atoms with Gasteiger partial charge < -0.3 is 0 Å². The molecule has 0 amide bonds. The van der Waals surface area contributed by atoms with Gasteiger partial charge in [-0.2, -0.15) is 0 Å². The topological polar surface area (TPSA) is 51.6 Å². The van der Waals surface area contributed by atoms with Crippen LogP contribution in [0.25, 0.3) is 98.7 Å². The SMILES string of the molecule is CC1(C)c2ccccc2-c2ccc(-c3nc(-c4ccccc4)nc(-c4cccc(-c5cccc(-c6nc7ccccc7c7c6sc6ccccc67)c5)c4)n3)cc21. The van der Waals surface area contributed by atoms with E-state index in [1.165, 1.54) is 47.8 Å². The number of para-hydroxylation sites is 1. The van der Waals surface area contributed by atoms with Crippen molar-refractivity contribution < 1.29 is 0 Å². The van der Waals surface area contributed by atoms with Gasteiger partial charge in [-0.1, -0.05) is 153 Å². The normalized spacial score (nSPS) is 13.0. The lowest BCUT2D eigenvalue weighted by Crippen LogP contribution is -2.15. The molecule has 0 fully saturated rings. The van der Waals surface area contributed by atoms with Crippen molar-refractivity contribution in [2.45, 2.75) is 19.3 Å². The third kappa shape index (κ3) is 5.19. The fraction of sp³-hybridized carbons (Fsp3) is 0.0588. The number of aromatic nitrogens is 4. The molecule has 56 heavy (non-hydrogen) atoms. The molecular formula is C51H34N4S. The molecule has 5 heteroatoms. The fourth-order valence-corrected chi connectivity index (χ4v) is 9.74. The maximum absolute atomic E-state index is 5.27. The second kappa shape index (κ2) is 12.6. The minimum atomic E-state index is -0.131. The van der Waals surface area contributed by atoms with Crippen LogP contribution in [-0.4, -0.2) is 19.9 Å². The van der Waals surface area contributed by atoms with E-state index in [2.05, 4.69) is 166 Å². The van der Waals surface area contributed by atoms with Crippen molar-refractivity contribution in [2.75, 3.05) is 0 Å². The van der Waals surface area contributed by atoms with Crippen molar-refractivity contribution in [2.24, 2.45) is 0 Å². The Morgan fingerprint density at radius 1 is 0.411 bits per heavy atom. The maximum Gasteiger partial charge on any atom is 0.164 e. The van der Waals surface area contributed by atoms with Crippen molar-refractivity contribution in [3.63, 3.8) is 0 Å². The first-order valence-corrected chi connectivity index (χ1v) is 19.8. The fourth-order valence-electron chi connectivity index (χ4n) is 8.51. The van der Waals surface area contributed by atoms with E-state index in [9.17, 15) is 0 Å². The summed E-state index contributed by atoms with van der Waals surface area (Å²) in [4.78, 5) is 20.6. The molecule has 10 aromatic rings. The molecule has 3 aromatic heterocycles. The zero-order valence-electron chi connectivity index (χ0n) is 30.9. The molecule has 0 spiro atoms. The Morgan fingerprint density at radius 3 is 1.79 bits per heavy atom. The van der Waals surface area contributed by atoms with Gasteiger partial charge in [0.2, 0.25) is 0 Å². The molecule has 0 atom stereocenters. The predicted octanol–water partition coefficient (Wildman–Crippen LogP) is 13.4. The molecule has 0 aliphatic heterocycles. The van der Waals surface area contributed by atoms with E-state index in [-0.39, 0.29) is 5.41 Å². The molecule has 0 saturated heterocycles. The maximum atomic E-state index is 5.27. The van der Waals surface area contributed by atoms with Crippen LogP contribution in [0.2, 0.25) is 0 Å². The summed E-state index contributed by atoms with van der Waals surface area (Å²) in [5.74, 6) is 1.94. The lowest BCUT2D eigenvalue weighted by atomic mass is 9.82. The van der Waals surface area contributed by atoms with Gasteiger partial charge in [-0.3, -0.25) is 0 Å². The van der Waals surface area contributed by atoms with Crippen LogP contribution in [0.1, 0.15) is 25.0 Å². The van der Waals surface area contributed by atoms with Gasteiger partial charge in [0, 0.05) is 48.5 Å². The Labute approximate surface area is 328 Å². The Kier molecular flexibility index (Phi) is 7.35. The zero-order valence-corrected chi connectivity index (χ0v) is 31.7. The molecule has 0 unspecified atom stereocenters. The predicted molar refractivity (Wildman–Crippen MR) is 233 cm³/mol. The third-order valence-electron chi connectivity index (χ3n) is 11.3. The van der Waals surface area contributed by atoms with Crippen LogP contribution < -0.4 is 0 Å². The highest BCUT2D eigenvalue weighted by Crippen LogP contribution is 2.49. The molecule has 3 heterocycles. The third-order valence-corrected chi connectivity index (χ3v) is 12.5. The minimum absolute atomic E-state index is 0.131. The molecule has 1 aliphatic carbocycles. The first-order chi connectivity index (χ1) is 27.5. The molecule has 0 N–H and O–H groups in total. The van der Waals surface area contributed by atoms with E-state index in [1.54, 1.807) is 0 Å².